The van der Waals surface area contributed by atoms with Crippen LogP contribution in [0.5, 0.6) is 0 Å². The Morgan fingerprint density at radius 2 is 2.19 bits per heavy atom. The van der Waals surface area contributed by atoms with Gasteiger partial charge in [-0.25, -0.2) is 0 Å². The van der Waals surface area contributed by atoms with Crippen LogP contribution >= 0.6 is 23.5 Å². The summed E-state index contributed by atoms with van der Waals surface area (Å²) >= 11 is 3.91. The van der Waals surface area contributed by atoms with Gasteiger partial charge in [0.2, 0.25) is 5.91 Å². The first-order chi connectivity index (χ1) is 7.81. The van der Waals surface area contributed by atoms with Crippen molar-refractivity contribution in [2.75, 3.05) is 43.1 Å². The van der Waals surface area contributed by atoms with E-state index in [9.17, 15) is 4.79 Å². The van der Waals surface area contributed by atoms with E-state index in [0.29, 0.717) is 5.91 Å². The van der Waals surface area contributed by atoms with Gasteiger partial charge in [0.1, 0.15) is 0 Å². The number of thioether (sulfide) groups is 2. The highest BCUT2D eigenvalue weighted by molar-refractivity contribution is 7.99. The molecule has 2 unspecified atom stereocenters. The van der Waals surface area contributed by atoms with Crippen molar-refractivity contribution in [3.05, 3.63) is 0 Å². The molecule has 2 aliphatic rings. The minimum Gasteiger partial charge on any atom is -0.340 e. The molecule has 0 bridgehead atoms. The van der Waals surface area contributed by atoms with E-state index in [1.54, 1.807) is 0 Å². The number of nitrogens with one attached hydrogen (secondary N) is 1. The highest BCUT2D eigenvalue weighted by Crippen LogP contribution is 2.25. The lowest BCUT2D eigenvalue weighted by atomic mass is 10.1. The Hall–Kier alpha value is 0.130. The molecule has 0 aromatic heterocycles. The summed E-state index contributed by atoms with van der Waals surface area (Å²) in [4.78, 5) is 14.3. The molecule has 2 saturated heterocycles. The van der Waals surface area contributed by atoms with Crippen LogP contribution in [0.2, 0.25) is 0 Å². The third-order valence-corrected chi connectivity index (χ3v) is 5.52. The largest absolute Gasteiger partial charge is 0.340 e. The van der Waals surface area contributed by atoms with Crippen LogP contribution in [0.15, 0.2) is 0 Å². The normalized spacial score (nSPS) is 31.8. The van der Waals surface area contributed by atoms with Gasteiger partial charge in [0.15, 0.2) is 0 Å². The van der Waals surface area contributed by atoms with Crippen LogP contribution in [0.25, 0.3) is 0 Å². The fraction of sp³-hybridized carbons (Fsp3) is 0.909. The lowest BCUT2D eigenvalue weighted by Gasteiger charge is -2.26. The molecule has 2 atom stereocenters. The molecule has 3 nitrogen and oxygen atoms in total. The first-order valence-electron chi connectivity index (χ1n) is 5.93. The zero-order valence-corrected chi connectivity index (χ0v) is 11.4. The number of carbonyl (C=O) groups is 1. The number of amides is 1. The molecule has 2 heterocycles. The fourth-order valence-electron chi connectivity index (χ4n) is 2.20. The van der Waals surface area contributed by atoms with Gasteiger partial charge in [-0.3, -0.25) is 4.79 Å². The van der Waals surface area contributed by atoms with E-state index in [1.807, 2.05) is 30.6 Å². The van der Waals surface area contributed by atoms with Gasteiger partial charge in [-0.2, -0.15) is 23.5 Å². The summed E-state index contributed by atoms with van der Waals surface area (Å²) in [6, 6.07) is 0.0292. The average molecular weight is 260 g/mol. The molecule has 0 aromatic rings. The monoisotopic (exact) mass is 260 g/mol. The van der Waals surface area contributed by atoms with Gasteiger partial charge in [0.25, 0.3) is 0 Å². The lowest BCUT2D eigenvalue weighted by Crippen LogP contribution is -2.47. The van der Waals surface area contributed by atoms with Crippen molar-refractivity contribution < 1.29 is 4.79 Å². The minimum absolute atomic E-state index is 0.0292. The molecule has 1 N–H and O–H groups in total. The van der Waals surface area contributed by atoms with E-state index in [2.05, 4.69) is 10.2 Å². The van der Waals surface area contributed by atoms with Gasteiger partial charge in [0.05, 0.1) is 6.04 Å². The van der Waals surface area contributed by atoms with Crippen LogP contribution in [0.3, 0.4) is 0 Å². The average Bonchev–Trinajstić information content (AvgIpc) is 2.73. The maximum Gasteiger partial charge on any atom is 0.240 e. The van der Waals surface area contributed by atoms with Crippen molar-refractivity contribution in [1.29, 1.82) is 0 Å². The minimum atomic E-state index is 0.0292. The van der Waals surface area contributed by atoms with Gasteiger partial charge in [-0.05, 0) is 30.9 Å². The molecule has 5 heteroatoms. The first kappa shape index (κ1) is 12.6. The van der Waals surface area contributed by atoms with Gasteiger partial charge in [-0.15, -0.1) is 0 Å². The van der Waals surface area contributed by atoms with E-state index in [4.69, 9.17) is 0 Å². The van der Waals surface area contributed by atoms with Gasteiger partial charge in [0, 0.05) is 24.6 Å². The number of hydrogen-bond acceptors (Lipinski definition) is 4. The van der Waals surface area contributed by atoms with Crippen molar-refractivity contribution in [2.24, 2.45) is 5.92 Å². The van der Waals surface area contributed by atoms with Crippen LogP contribution in [0, 0.1) is 5.92 Å². The molecule has 0 saturated carbocycles. The van der Waals surface area contributed by atoms with Crippen molar-refractivity contribution in [1.82, 2.24) is 10.2 Å². The Bertz CT molecular complexity index is 244. The van der Waals surface area contributed by atoms with Crippen molar-refractivity contribution in [3.63, 3.8) is 0 Å². The van der Waals surface area contributed by atoms with E-state index in [1.165, 1.54) is 17.9 Å². The quantitative estimate of drug-likeness (QED) is 0.817. The molecule has 2 fully saturated rings. The second kappa shape index (κ2) is 6.17. The molecule has 2 rings (SSSR count). The summed E-state index contributed by atoms with van der Waals surface area (Å²) in [6.07, 6.45) is 1.28. The molecule has 1 amide bonds. The van der Waals surface area contributed by atoms with Gasteiger partial charge < -0.3 is 10.2 Å². The number of nitrogens with zero attached hydrogens (tertiary/aromatic N) is 1. The van der Waals surface area contributed by atoms with Crippen LogP contribution in [-0.4, -0.2) is 60.0 Å². The molecule has 0 radical (unpaired) electrons. The molecule has 0 spiro atoms. The molecule has 0 aromatic carbocycles. The Morgan fingerprint density at radius 3 is 2.88 bits per heavy atom. The SMILES string of the molecule is CNC1CSCCN(CC2CCSC2)C1=O. The molecule has 2 aliphatic heterocycles. The van der Waals surface area contributed by atoms with Crippen molar-refractivity contribution in [3.8, 4) is 0 Å². The fourth-order valence-corrected chi connectivity index (χ4v) is 4.54. The molecule has 16 heavy (non-hydrogen) atoms. The molecular weight excluding hydrogens is 240 g/mol. The maximum absolute atomic E-state index is 12.2. The summed E-state index contributed by atoms with van der Waals surface area (Å²) in [6.45, 7) is 1.91. The van der Waals surface area contributed by atoms with Crippen LogP contribution in [0.4, 0.5) is 0 Å². The Kier molecular flexibility index (Phi) is 4.85. The molecule has 92 valence electrons. The lowest BCUT2D eigenvalue weighted by molar-refractivity contribution is -0.132. The van der Waals surface area contributed by atoms with Crippen molar-refractivity contribution in [2.45, 2.75) is 12.5 Å². The summed E-state index contributed by atoms with van der Waals surface area (Å²) in [7, 11) is 1.89. The summed E-state index contributed by atoms with van der Waals surface area (Å²) in [5.41, 5.74) is 0. The Morgan fingerprint density at radius 1 is 1.38 bits per heavy atom. The number of carbonyl (C=O) groups excluding carboxylic acids is 1. The van der Waals surface area contributed by atoms with E-state index < -0.39 is 0 Å². The Balaban J connectivity index is 1.92. The highest BCUT2D eigenvalue weighted by atomic mass is 32.2. The Labute approximate surface area is 106 Å². The third-order valence-electron chi connectivity index (χ3n) is 3.25. The zero-order valence-electron chi connectivity index (χ0n) is 9.78. The van der Waals surface area contributed by atoms with E-state index in [0.717, 1.165) is 30.5 Å². The number of likely N-dealkylation sites (N-methyl/N-ethyl adjacent to an activating group) is 1. The third kappa shape index (κ3) is 3.08. The summed E-state index contributed by atoms with van der Waals surface area (Å²) in [5.74, 6) is 5.56. The first-order valence-corrected chi connectivity index (χ1v) is 8.23. The second-order valence-electron chi connectivity index (χ2n) is 4.43. The maximum atomic E-state index is 12.2. The smallest absolute Gasteiger partial charge is 0.240 e. The number of rotatable bonds is 3. The van der Waals surface area contributed by atoms with Crippen LogP contribution in [0.1, 0.15) is 6.42 Å². The van der Waals surface area contributed by atoms with Crippen molar-refractivity contribution >= 4 is 29.4 Å². The van der Waals surface area contributed by atoms with Gasteiger partial charge >= 0.3 is 0 Å². The molecular formula is C11H20N2OS2. The van der Waals surface area contributed by atoms with Crippen LogP contribution < -0.4 is 5.32 Å². The van der Waals surface area contributed by atoms with Gasteiger partial charge in [-0.1, -0.05) is 0 Å². The summed E-state index contributed by atoms with van der Waals surface area (Å²) < 4.78 is 0. The summed E-state index contributed by atoms with van der Waals surface area (Å²) in [5, 5.41) is 3.13. The van der Waals surface area contributed by atoms with E-state index >= 15 is 0 Å². The highest BCUT2D eigenvalue weighted by Gasteiger charge is 2.28. The van der Waals surface area contributed by atoms with Crippen LogP contribution in [-0.2, 0) is 4.79 Å². The predicted molar refractivity (Wildman–Crippen MR) is 72.2 cm³/mol. The second-order valence-corrected chi connectivity index (χ2v) is 6.73. The topological polar surface area (TPSA) is 32.3 Å². The molecule has 0 aliphatic carbocycles. The standard InChI is InChI=1S/C11H20N2OS2/c1-12-10-8-16-5-3-13(11(10)14)6-9-2-4-15-7-9/h9-10,12H,2-8H2,1H3. The number of hydrogen-bond donors (Lipinski definition) is 1. The van der Waals surface area contributed by atoms with E-state index in [-0.39, 0.29) is 6.04 Å². The predicted octanol–water partition coefficient (Wildman–Crippen LogP) is 0.903. The zero-order chi connectivity index (χ0) is 11.4.